The summed E-state index contributed by atoms with van der Waals surface area (Å²) >= 11 is 0. The molecule has 2 aliphatic heterocycles. The molecule has 11 nitrogen and oxygen atoms in total. The van der Waals surface area contributed by atoms with Gasteiger partial charge in [0.1, 0.15) is 6.10 Å². The summed E-state index contributed by atoms with van der Waals surface area (Å²) in [6.07, 6.45) is 3.74. The molecule has 2 aliphatic rings. The van der Waals surface area contributed by atoms with E-state index in [1.807, 2.05) is 12.1 Å². The molecule has 2 heterocycles. The van der Waals surface area contributed by atoms with E-state index >= 15 is 0 Å². The number of benzene rings is 2. The van der Waals surface area contributed by atoms with Crippen LogP contribution in [0.3, 0.4) is 0 Å². The van der Waals surface area contributed by atoms with Gasteiger partial charge < -0.3 is 42.8 Å². The Hall–Kier alpha value is -3.41. The Bertz CT molecular complexity index is 1220. The summed E-state index contributed by atoms with van der Waals surface area (Å²) in [7, 11) is 7.80. The van der Waals surface area contributed by atoms with Crippen molar-refractivity contribution in [3.05, 3.63) is 35.4 Å². The van der Waals surface area contributed by atoms with E-state index in [0.29, 0.717) is 79.1 Å². The van der Waals surface area contributed by atoms with Gasteiger partial charge in [0.2, 0.25) is 11.5 Å². The van der Waals surface area contributed by atoms with Crippen LogP contribution >= 0.6 is 0 Å². The van der Waals surface area contributed by atoms with Crippen molar-refractivity contribution in [2.24, 2.45) is 0 Å². The van der Waals surface area contributed by atoms with Gasteiger partial charge in [0.05, 0.1) is 54.3 Å². The van der Waals surface area contributed by atoms with Crippen molar-refractivity contribution >= 4 is 5.97 Å². The van der Waals surface area contributed by atoms with Gasteiger partial charge in [-0.2, -0.15) is 0 Å². The fraction of sp³-hybridized carbons (Fsp3) is 0.618. The van der Waals surface area contributed by atoms with Crippen LogP contribution in [0.1, 0.15) is 54.9 Å². The van der Waals surface area contributed by atoms with Crippen molar-refractivity contribution in [3.63, 3.8) is 0 Å². The molecule has 4 rings (SSSR count). The first kappa shape index (κ1) is 34.5. The molecule has 1 saturated heterocycles. The first-order valence-corrected chi connectivity index (χ1v) is 15.8. The lowest BCUT2D eigenvalue weighted by molar-refractivity contribution is 0.0170. The topological polar surface area (TPSA) is 97.4 Å². The summed E-state index contributed by atoms with van der Waals surface area (Å²) in [6, 6.07) is 7.36. The Balaban J connectivity index is 1.55. The average Bonchev–Trinajstić information content (AvgIpc) is 3.30. The van der Waals surface area contributed by atoms with E-state index in [9.17, 15) is 4.79 Å². The molecule has 250 valence electrons. The van der Waals surface area contributed by atoms with E-state index in [2.05, 4.69) is 16.7 Å². The van der Waals surface area contributed by atoms with Gasteiger partial charge in [0.25, 0.3) is 0 Å². The van der Waals surface area contributed by atoms with Crippen LogP contribution in [-0.2, 0) is 16.1 Å². The molecule has 1 fully saturated rings. The van der Waals surface area contributed by atoms with Crippen LogP contribution in [0.2, 0.25) is 0 Å². The molecule has 0 spiro atoms. The Morgan fingerprint density at radius 2 is 1.44 bits per heavy atom. The van der Waals surface area contributed by atoms with Crippen LogP contribution in [0.4, 0.5) is 0 Å². The average molecular weight is 631 g/mol. The van der Waals surface area contributed by atoms with Crippen molar-refractivity contribution in [2.45, 2.75) is 57.8 Å². The maximum Gasteiger partial charge on any atom is 0.338 e. The van der Waals surface area contributed by atoms with Gasteiger partial charge in [0, 0.05) is 32.3 Å². The number of ether oxygens (including phenoxy) is 8. The molecule has 0 aliphatic carbocycles. The van der Waals surface area contributed by atoms with Gasteiger partial charge in [0.15, 0.2) is 23.0 Å². The zero-order valence-corrected chi connectivity index (χ0v) is 27.7. The highest BCUT2D eigenvalue weighted by molar-refractivity contribution is 5.91. The Kier molecular flexibility index (Phi) is 13.3. The lowest BCUT2D eigenvalue weighted by Gasteiger charge is -2.31. The highest BCUT2D eigenvalue weighted by Crippen LogP contribution is 2.40. The fourth-order valence-electron chi connectivity index (χ4n) is 6.08. The van der Waals surface area contributed by atoms with Crippen molar-refractivity contribution in [3.8, 4) is 34.5 Å². The predicted octanol–water partition coefficient (Wildman–Crippen LogP) is 4.82. The van der Waals surface area contributed by atoms with Crippen LogP contribution < -0.4 is 28.4 Å². The first-order chi connectivity index (χ1) is 21.9. The van der Waals surface area contributed by atoms with E-state index in [0.717, 1.165) is 51.1 Å². The third kappa shape index (κ3) is 9.31. The zero-order valence-electron chi connectivity index (χ0n) is 27.7. The van der Waals surface area contributed by atoms with E-state index in [-0.39, 0.29) is 12.1 Å². The molecular formula is C34H50N2O9. The van der Waals surface area contributed by atoms with E-state index < -0.39 is 5.97 Å². The van der Waals surface area contributed by atoms with Crippen molar-refractivity contribution in [1.29, 1.82) is 0 Å². The lowest BCUT2D eigenvalue weighted by atomic mass is 10.0. The summed E-state index contributed by atoms with van der Waals surface area (Å²) in [5.74, 6) is 2.52. The molecule has 2 aromatic rings. The van der Waals surface area contributed by atoms with Crippen LogP contribution in [0.15, 0.2) is 24.3 Å². The largest absolute Gasteiger partial charge is 0.493 e. The molecule has 0 amide bonds. The number of methoxy groups -OCH3 is 5. The third-order valence-electron chi connectivity index (χ3n) is 8.49. The standard InChI is InChI=1S/C34H50N2O9/c1-24-18-27(45-34(37)26-21-29(39-3)32(41-5)30(22-26)40-4)10-7-17-44-31-20-25(19-28(38-2)33(31)42-6)23-43-16-9-12-35-11-8-13-36(24)15-14-35/h19-22,24,27H,7-18,23H2,1-6H3/t24?,27-/m1/s1. The minimum atomic E-state index is -0.438. The maximum atomic E-state index is 13.5. The first-order valence-electron chi connectivity index (χ1n) is 15.8. The Morgan fingerprint density at radius 3 is 2.13 bits per heavy atom. The minimum Gasteiger partial charge on any atom is -0.493 e. The normalized spacial score (nSPS) is 23.2. The Morgan fingerprint density at radius 1 is 0.756 bits per heavy atom. The zero-order chi connectivity index (χ0) is 32.2. The summed E-state index contributed by atoms with van der Waals surface area (Å²) in [4.78, 5) is 18.6. The molecule has 4 bridgehead atoms. The third-order valence-corrected chi connectivity index (χ3v) is 8.49. The summed E-state index contributed by atoms with van der Waals surface area (Å²) in [5, 5.41) is 0. The second kappa shape index (κ2) is 17.3. The predicted molar refractivity (Wildman–Crippen MR) is 171 cm³/mol. The molecule has 2 aromatic carbocycles. The molecule has 11 heteroatoms. The summed E-state index contributed by atoms with van der Waals surface area (Å²) in [5.41, 5.74) is 1.29. The minimum absolute atomic E-state index is 0.232. The lowest BCUT2D eigenvalue weighted by Crippen LogP contribution is -2.39. The highest BCUT2D eigenvalue weighted by atomic mass is 16.6. The number of hydrogen-bond donors (Lipinski definition) is 0. The van der Waals surface area contributed by atoms with Crippen molar-refractivity contribution in [1.82, 2.24) is 9.80 Å². The molecule has 45 heavy (non-hydrogen) atoms. The van der Waals surface area contributed by atoms with E-state index in [1.54, 1.807) is 26.4 Å². The van der Waals surface area contributed by atoms with Gasteiger partial charge in [-0.05, 0) is 81.9 Å². The van der Waals surface area contributed by atoms with Crippen molar-refractivity contribution in [2.75, 3.05) is 81.5 Å². The van der Waals surface area contributed by atoms with Gasteiger partial charge in [-0.15, -0.1) is 0 Å². The molecule has 3 unspecified atom stereocenters. The van der Waals surface area contributed by atoms with Gasteiger partial charge in [-0.25, -0.2) is 4.79 Å². The maximum absolute atomic E-state index is 13.5. The smallest absolute Gasteiger partial charge is 0.338 e. The molecule has 0 aromatic heterocycles. The number of fused-ring (bicyclic) bond motifs is 5. The molecular weight excluding hydrogens is 580 g/mol. The highest BCUT2D eigenvalue weighted by Gasteiger charge is 2.26. The monoisotopic (exact) mass is 630 g/mol. The number of carbonyl (C=O) groups is 1. The summed E-state index contributed by atoms with van der Waals surface area (Å²) < 4.78 is 46.0. The van der Waals surface area contributed by atoms with E-state index in [4.69, 9.17) is 37.9 Å². The van der Waals surface area contributed by atoms with Gasteiger partial charge >= 0.3 is 5.97 Å². The van der Waals surface area contributed by atoms with Crippen LogP contribution in [0.5, 0.6) is 34.5 Å². The van der Waals surface area contributed by atoms with Crippen molar-refractivity contribution < 1.29 is 42.7 Å². The quantitative estimate of drug-likeness (QED) is 0.394. The molecule has 0 saturated carbocycles. The number of rotatable bonds is 7. The SMILES string of the molecule is COc1cc(C(=O)O[C@@H]2CCCOc3cc(cc(OC)c3OC)COCCCN3CCCN(CC3)C(C)C2)cc(OC)c1OC. The van der Waals surface area contributed by atoms with Crippen LogP contribution in [0.25, 0.3) is 0 Å². The summed E-state index contributed by atoms with van der Waals surface area (Å²) in [6.45, 7) is 8.84. The molecule has 0 radical (unpaired) electrons. The van der Waals surface area contributed by atoms with Crippen LogP contribution in [0, 0.1) is 0 Å². The van der Waals surface area contributed by atoms with Gasteiger partial charge in [-0.1, -0.05) is 0 Å². The Labute approximate surface area is 267 Å². The molecule has 4 atom stereocenters. The fourth-order valence-corrected chi connectivity index (χ4v) is 6.08. The second-order valence-corrected chi connectivity index (χ2v) is 11.5. The van der Waals surface area contributed by atoms with Gasteiger partial charge in [-0.3, -0.25) is 4.90 Å². The van der Waals surface area contributed by atoms with Crippen LogP contribution in [-0.4, -0.2) is 109 Å². The number of carbonyl (C=O) groups excluding carboxylic acids is 1. The number of hydrogen-bond acceptors (Lipinski definition) is 11. The van der Waals surface area contributed by atoms with E-state index in [1.165, 1.54) is 21.3 Å². The second-order valence-electron chi connectivity index (χ2n) is 11.5. The molecule has 0 N–H and O–H groups in total. The number of esters is 1. The number of nitrogens with zero attached hydrogens (tertiary/aromatic N) is 2.